The second-order valence-electron chi connectivity index (χ2n) is 4.82. The summed E-state index contributed by atoms with van der Waals surface area (Å²) in [5.74, 6) is 0.0829. The Morgan fingerprint density at radius 2 is 1.79 bits per heavy atom. The molecule has 1 N–H and O–H groups in total. The Morgan fingerprint density at radius 3 is 2.21 bits per heavy atom. The van der Waals surface area contributed by atoms with Crippen LogP contribution in [0.3, 0.4) is 0 Å². The number of hydrogen-bond acceptors (Lipinski definition) is 3. The zero-order chi connectivity index (χ0) is 14.4. The van der Waals surface area contributed by atoms with E-state index >= 15 is 0 Å². The van der Waals surface area contributed by atoms with Gasteiger partial charge in [0, 0.05) is 26.3 Å². The molecule has 106 valence electrons. The van der Waals surface area contributed by atoms with Gasteiger partial charge in [0.1, 0.15) is 0 Å². The monoisotopic (exact) mass is 264 g/mol. The fourth-order valence-electron chi connectivity index (χ4n) is 1.83. The van der Waals surface area contributed by atoms with E-state index in [0.717, 1.165) is 17.8 Å². The van der Waals surface area contributed by atoms with Crippen molar-refractivity contribution in [3.63, 3.8) is 0 Å². The molecule has 0 unspecified atom stereocenters. The first-order chi connectivity index (χ1) is 8.99. The summed E-state index contributed by atoms with van der Waals surface area (Å²) in [6.45, 7) is 5.12. The van der Waals surface area contributed by atoms with Gasteiger partial charge in [0.2, 0.25) is 5.91 Å². The zero-order valence-electron chi connectivity index (χ0n) is 12.3. The lowest BCUT2D eigenvalue weighted by Crippen LogP contribution is -2.36. The van der Waals surface area contributed by atoms with Gasteiger partial charge in [-0.2, -0.15) is 0 Å². The molecule has 1 aromatic carbocycles. The molecule has 1 amide bonds. The summed E-state index contributed by atoms with van der Waals surface area (Å²) in [4.78, 5) is 15.4. The summed E-state index contributed by atoms with van der Waals surface area (Å²) in [5.41, 5.74) is 1.92. The number of aliphatic hydroxyl groups excluding tert-OH is 1. The van der Waals surface area contributed by atoms with Crippen molar-refractivity contribution in [3.8, 4) is 0 Å². The van der Waals surface area contributed by atoms with E-state index in [0.29, 0.717) is 13.0 Å². The number of benzene rings is 1. The Morgan fingerprint density at radius 1 is 1.21 bits per heavy atom. The van der Waals surface area contributed by atoms with Crippen LogP contribution in [0.25, 0.3) is 0 Å². The number of hydrogen-bond donors (Lipinski definition) is 1. The number of amides is 1. The molecule has 0 aliphatic carbocycles. The molecule has 4 heteroatoms. The van der Waals surface area contributed by atoms with Crippen LogP contribution >= 0.6 is 0 Å². The summed E-state index contributed by atoms with van der Waals surface area (Å²) in [6.07, 6.45) is 0.295. The Bertz CT molecular complexity index is 401. The van der Waals surface area contributed by atoms with E-state index in [1.165, 1.54) is 0 Å². The van der Waals surface area contributed by atoms with Gasteiger partial charge in [-0.05, 0) is 31.0 Å². The first-order valence-corrected chi connectivity index (χ1v) is 6.72. The summed E-state index contributed by atoms with van der Waals surface area (Å²) in [6, 6.07) is 7.76. The van der Waals surface area contributed by atoms with Crippen LogP contribution in [0, 0.1) is 0 Å². The van der Waals surface area contributed by atoms with Crippen molar-refractivity contribution in [3.05, 3.63) is 29.8 Å². The minimum absolute atomic E-state index is 0.0829. The molecule has 0 bridgehead atoms. The lowest BCUT2D eigenvalue weighted by molar-refractivity contribution is -0.127. The normalized spacial score (nSPS) is 12.1. The molecule has 0 fully saturated rings. The number of anilines is 1. The second-order valence-corrected chi connectivity index (χ2v) is 4.82. The molecule has 1 atom stereocenters. The Balaban J connectivity index is 2.79. The van der Waals surface area contributed by atoms with Crippen LogP contribution < -0.4 is 4.90 Å². The fourth-order valence-corrected chi connectivity index (χ4v) is 1.83. The largest absolute Gasteiger partial charge is 0.388 e. The van der Waals surface area contributed by atoms with E-state index in [2.05, 4.69) is 0 Å². The van der Waals surface area contributed by atoms with Crippen molar-refractivity contribution < 1.29 is 9.90 Å². The predicted octanol–water partition coefficient (Wildman–Crippen LogP) is 2.04. The standard InChI is InChI=1S/C15H24N2O2/c1-5-14(18)12-7-9-13(10-8-12)17(6-2)11-15(19)16(3)4/h7-10,14,18H,5-6,11H2,1-4H3/t14-/m0/s1. The molecule has 0 aromatic heterocycles. The van der Waals surface area contributed by atoms with Crippen LogP contribution in [0.2, 0.25) is 0 Å². The number of rotatable bonds is 6. The highest BCUT2D eigenvalue weighted by Gasteiger charge is 2.12. The highest BCUT2D eigenvalue weighted by atomic mass is 16.3. The first kappa shape index (κ1) is 15.5. The topological polar surface area (TPSA) is 43.8 Å². The Hall–Kier alpha value is -1.55. The Labute approximate surface area is 115 Å². The van der Waals surface area contributed by atoms with Gasteiger partial charge in [0.25, 0.3) is 0 Å². The third-order valence-corrected chi connectivity index (χ3v) is 3.24. The van der Waals surface area contributed by atoms with Crippen molar-refractivity contribution in [1.82, 2.24) is 4.90 Å². The van der Waals surface area contributed by atoms with Gasteiger partial charge in [-0.25, -0.2) is 0 Å². The maximum atomic E-state index is 11.8. The van der Waals surface area contributed by atoms with Gasteiger partial charge in [0.05, 0.1) is 12.6 Å². The fraction of sp³-hybridized carbons (Fsp3) is 0.533. The van der Waals surface area contributed by atoms with Crippen LogP contribution in [-0.2, 0) is 4.79 Å². The number of aliphatic hydroxyl groups is 1. The van der Waals surface area contributed by atoms with Crippen molar-refractivity contribution >= 4 is 11.6 Å². The third kappa shape index (κ3) is 4.24. The van der Waals surface area contributed by atoms with Gasteiger partial charge in [0.15, 0.2) is 0 Å². The van der Waals surface area contributed by atoms with Gasteiger partial charge in [-0.3, -0.25) is 4.79 Å². The minimum Gasteiger partial charge on any atom is -0.388 e. The van der Waals surface area contributed by atoms with Crippen molar-refractivity contribution in [1.29, 1.82) is 0 Å². The van der Waals surface area contributed by atoms with Crippen LogP contribution in [0.5, 0.6) is 0 Å². The van der Waals surface area contributed by atoms with Crippen LogP contribution in [0.1, 0.15) is 31.9 Å². The average molecular weight is 264 g/mol. The molecule has 0 saturated carbocycles. The number of carbonyl (C=O) groups is 1. The maximum absolute atomic E-state index is 11.8. The molecule has 1 aromatic rings. The van der Waals surface area contributed by atoms with Gasteiger partial charge in [-0.1, -0.05) is 19.1 Å². The maximum Gasteiger partial charge on any atom is 0.241 e. The van der Waals surface area contributed by atoms with Crippen molar-refractivity contribution in [2.45, 2.75) is 26.4 Å². The van der Waals surface area contributed by atoms with Crippen LogP contribution in [-0.4, -0.2) is 43.1 Å². The quantitative estimate of drug-likeness (QED) is 0.855. The summed E-state index contributed by atoms with van der Waals surface area (Å²) < 4.78 is 0. The molecule has 0 spiro atoms. The molecule has 0 aliphatic rings. The van der Waals surface area contributed by atoms with E-state index in [9.17, 15) is 9.90 Å². The first-order valence-electron chi connectivity index (χ1n) is 6.72. The van der Waals surface area contributed by atoms with E-state index in [1.54, 1.807) is 19.0 Å². The molecular formula is C15H24N2O2. The lowest BCUT2D eigenvalue weighted by atomic mass is 10.1. The van der Waals surface area contributed by atoms with Crippen molar-refractivity contribution in [2.75, 3.05) is 32.1 Å². The van der Waals surface area contributed by atoms with Gasteiger partial charge in [-0.15, -0.1) is 0 Å². The molecular weight excluding hydrogens is 240 g/mol. The molecule has 1 rings (SSSR count). The van der Waals surface area contributed by atoms with Gasteiger partial charge >= 0.3 is 0 Å². The van der Waals surface area contributed by atoms with E-state index < -0.39 is 6.10 Å². The second kappa shape index (κ2) is 7.14. The predicted molar refractivity (Wildman–Crippen MR) is 78.3 cm³/mol. The minimum atomic E-state index is -0.410. The number of likely N-dealkylation sites (N-methyl/N-ethyl adjacent to an activating group) is 2. The molecule has 4 nitrogen and oxygen atoms in total. The molecule has 0 heterocycles. The molecule has 0 radical (unpaired) electrons. The molecule has 0 saturated heterocycles. The van der Waals surface area contributed by atoms with Crippen LogP contribution in [0.4, 0.5) is 5.69 Å². The molecule has 0 aliphatic heterocycles. The molecule has 19 heavy (non-hydrogen) atoms. The summed E-state index contributed by atoms with van der Waals surface area (Å²) in [7, 11) is 3.52. The van der Waals surface area contributed by atoms with E-state index in [-0.39, 0.29) is 5.91 Å². The average Bonchev–Trinajstić information content (AvgIpc) is 2.43. The highest BCUT2D eigenvalue weighted by Crippen LogP contribution is 2.21. The Kier molecular flexibility index (Phi) is 5.83. The summed E-state index contributed by atoms with van der Waals surface area (Å²) >= 11 is 0. The zero-order valence-corrected chi connectivity index (χ0v) is 12.3. The third-order valence-electron chi connectivity index (χ3n) is 3.24. The van der Waals surface area contributed by atoms with E-state index in [1.807, 2.05) is 43.0 Å². The smallest absolute Gasteiger partial charge is 0.241 e. The highest BCUT2D eigenvalue weighted by molar-refractivity contribution is 5.81. The summed E-state index contributed by atoms with van der Waals surface area (Å²) in [5, 5.41) is 9.76. The number of nitrogens with zero attached hydrogens (tertiary/aromatic N) is 2. The van der Waals surface area contributed by atoms with E-state index in [4.69, 9.17) is 0 Å². The number of carbonyl (C=O) groups excluding carboxylic acids is 1. The van der Waals surface area contributed by atoms with Crippen LogP contribution in [0.15, 0.2) is 24.3 Å². The SMILES string of the molecule is CC[C@H](O)c1ccc(N(CC)CC(=O)N(C)C)cc1. The van der Waals surface area contributed by atoms with Crippen molar-refractivity contribution in [2.24, 2.45) is 0 Å². The lowest BCUT2D eigenvalue weighted by Gasteiger charge is -2.24. The van der Waals surface area contributed by atoms with Gasteiger partial charge < -0.3 is 14.9 Å².